The first-order chi connectivity index (χ1) is 34.5. The molecule has 0 aromatic rings. The fourth-order valence-corrected chi connectivity index (χ4v) is 5.92. The highest BCUT2D eigenvalue weighted by Gasteiger charge is 2.19. The lowest BCUT2D eigenvalue weighted by Crippen LogP contribution is -2.30. The molecular weight excluding hydrogens is 865 g/mol. The second-order valence-corrected chi connectivity index (χ2v) is 16.1. The van der Waals surface area contributed by atoms with Gasteiger partial charge in [-0.15, -0.1) is 0 Å². The normalized spacial score (nSPS) is 13.8. The number of hydrogen-bond donors (Lipinski definition) is 0. The van der Waals surface area contributed by atoms with Crippen molar-refractivity contribution in [2.75, 3.05) is 13.2 Å². The summed E-state index contributed by atoms with van der Waals surface area (Å²) in [4.78, 5) is 38.0. The summed E-state index contributed by atoms with van der Waals surface area (Å²) in [6, 6.07) is 0. The lowest BCUT2D eigenvalue weighted by molar-refractivity contribution is -0.166. The predicted octanol–water partition coefficient (Wildman–Crippen LogP) is 17.7. The van der Waals surface area contributed by atoms with E-state index in [9.17, 15) is 14.4 Å². The van der Waals surface area contributed by atoms with E-state index in [0.29, 0.717) is 19.3 Å². The molecule has 1 atom stereocenters. The van der Waals surface area contributed by atoms with Gasteiger partial charge in [-0.25, -0.2) is 0 Å². The SMILES string of the molecule is CC\C=C/C=C\C=C/C=C\C=C\C=C/C=C\CCCCCC(=O)OCC(COC(=O)CC/C=C\C/C=C\C/C=C\C/C=C\C/C=C\CC)OC(=O)CCC/C=C\C/C=C\C/C=C\C/C=C\C/C=C\CC. The zero-order chi connectivity index (χ0) is 50.7. The Hall–Kier alpha value is -6.01. The van der Waals surface area contributed by atoms with Gasteiger partial charge in [0.2, 0.25) is 0 Å². The van der Waals surface area contributed by atoms with Crippen LogP contribution in [-0.2, 0) is 28.6 Å². The van der Waals surface area contributed by atoms with Crippen molar-refractivity contribution in [2.24, 2.45) is 0 Å². The molecule has 0 heterocycles. The molecule has 0 saturated heterocycles. The standard InChI is InChI=1S/C64H90O6/c1-4-7-10-13-16-19-22-25-28-31-32-34-36-39-42-45-48-51-54-57-63(66)69-60-61(59-68-62(65)56-53-50-47-44-41-38-35-30-27-24-21-18-15-12-9-6-3)70-64(67)58-55-52-49-46-43-40-37-33-29-26-23-20-17-14-11-8-5-2/h7-13,16-22,25-32,34,36-42,46-47,49-50,61H,4-6,14-15,23-24,33,35,43-45,48,51-60H2,1-3H3/b10-7-,11-8-,12-9-,16-13-,20-17-,21-18-,22-19-,28-25-,29-26-,30-27-,32-31+,36-34-,40-37-,41-38-,42-39-,49-46-,50-47-. The summed E-state index contributed by atoms with van der Waals surface area (Å²) >= 11 is 0. The van der Waals surface area contributed by atoms with Gasteiger partial charge in [0.25, 0.3) is 0 Å². The lowest BCUT2D eigenvalue weighted by Gasteiger charge is -2.18. The highest BCUT2D eigenvalue weighted by molar-refractivity contribution is 5.71. The molecule has 0 amide bonds. The first kappa shape index (κ1) is 64.0. The van der Waals surface area contributed by atoms with E-state index in [2.05, 4.69) is 142 Å². The largest absolute Gasteiger partial charge is 0.462 e. The molecule has 0 aromatic heterocycles. The van der Waals surface area contributed by atoms with Crippen LogP contribution in [0.25, 0.3) is 0 Å². The second kappa shape index (κ2) is 55.6. The molecule has 6 heteroatoms. The molecule has 1 unspecified atom stereocenters. The molecule has 0 rings (SSSR count). The van der Waals surface area contributed by atoms with Crippen LogP contribution in [0.3, 0.4) is 0 Å². The zero-order valence-corrected chi connectivity index (χ0v) is 43.4. The summed E-state index contributed by atoms with van der Waals surface area (Å²) in [6.45, 7) is 6.06. The van der Waals surface area contributed by atoms with Crippen LogP contribution in [0.2, 0.25) is 0 Å². The van der Waals surface area contributed by atoms with Crippen molar-refractivity contribution in [2.45, 2.75) is 162 Å². The first-order valence-corrected chi connectivity index (χ1v) is 26.2. The van der Waals surface area contributed by atoms with Crippen LogP contribution in [0.4, 0.5) is 0 Å². The lowest BCUT2D eigenvalue weighted by atomic mass is 10.1. The molecule has 70 heavy (non-hydrogen) atoms. The molecular formula is C64H90O6. The van der Waals surface area contributed by atoms with Crippen molar-refractivity contribution in [1.29, 1.82) is 0 Å². The van der Waals surface area contributed by atoms with Gasteiger partial charge in [0.1, 0.15) is 13.2 Å². The molecule has 0 spiro atoms. The van der Waals surface area contributed by atoms with E-state index in [0.717, 1.165) is 96.3 Å². The number of ether oxygens (including phenoxy) is 3. The van der Waals surface area contributed by atoms with Gasteiger partial charge in [0.15, 0.2) is 6.10 Å². The van der Waals surface area contributed by atoms with E-state index in [1.54, 1.807) is 0 Å². The van der Waals surface area contributed by atoms with E-state index >= 15 is 0 Å². The summed E-state index contributed by atoms with van der Waals surface area (Å²) in [5, 5.41) is 0. The number of esters is 3. The maximum atomic E-state index is 12.8. The van der Waals surface area contributed by atoms with E-state index in [1.165, 1.54) is 0 Å². The van der Waals surface area contributed by atoms with Crippen molar-refractivity contribution >= 4 is 17.9 Å². The minimum atomic E-state index is -0.871. The van der Waals surface area contributed by atoms with Crippen LogP contribution in [0, 0.1) is 0 Å². The highest BCUT2D eigenvalue weighted by atomic mass is 16.6. The van der Waals surface area contributed by atoms with Crippen LogP contribution in [0.15, 0.2) is 207 Å². The average Bonchev–Trinajstić information content (AvgIpc) is 3.36. The Morgan fingerprint density at radius 2 is 0.629 bits per heavy atom. The average molecular weight is 955 g/mol. The predicted molar refractivity (Wildman–Crippen MR) is 301 cm³/mol. The van der Waals surface area contributed by atoms with Gasteiger partial charge in [-0.3, -0.25) is 14.4 Å². The number of carbonyl (C=O) groups excluding carboxylic acids is 3. The topological polar surface area (TPSA) is 78.9 Å². The summed E-state index contributed by atoms with van der Waals surface area (Å²) in [7, 11) is 0. The van der Waals surface area contributed by atoms with E-state index in [-0.39, 0.29) is 38.4 Å². The Labute approximate surface area is 426 Å². The second-order valence-electron chi connectivity index (χ2n) is 16.1. The third-order valence-corrected chi connectivity index (χ3v) is 9.72. The van der Waals surface area contributed by atoms with E-state index in [1.807, 2.05) is 85.1 Å². The van der Waals surface area contributed by atoms with Crippen molar-refractivity contribution in [3.8, 4) is 0 Å². The number of rotatable bonds is 43. The van der Waals surface area contributed by atoms with Crippen LogP contribution in [-0.4, -0.2) is 37.2 Å². The van der Waals surface area contributed by atoms with Gasteiger partial charge in [-0.2, -0.15) is 0 Å². The van der Waals surface area contributed by atoms with Crippen molar-refractivity contribution in [1.82, 2.24) is 0 Å². The molecule has 0 fully saturated rings. The quantitative estimate of drug-likeness (QED) is 0.0199. The third-order valence-electron chi connectivity index (χ3n) is 9.72. The molecule has 0 aliphatic heterocycles. The van der Waals surface area contributed by atoms with Crippen LogP contribution in [0.5, 0.6) is 0 Å². The van der Waals surface area contributed by atoms with Gasteiger partial charge < -0.3 is 14.2 Å². The van der Waals surface area contributed by atoms with Gasteiger partial charge in [0, 0.05) is 19.3 Å². The van der Waals surface area contributed by atoms with Gasteiger partial charge in [0.05, 0.1) is 0 Å². The molecule has 0 radical (unpaired) electrons. The van der Waals surface area contributed by atoms with Crippen LogP contribution >= 0.6 is 0 Å². The number of unbranched alkanes of at least 4 members (excludes halogenated alkanes) is 4. The Balaban J connectivity index is 4.75. The molecule has 0 aromatic carbocycles. The summed E-state index contributed by atoms with van der Waals surface area (Å²) < 4.78 is 16.6. The van der Waals surface area contributed by atoms with Gasteiger partial charge >= 0.3 is 17.9 Å². The van der Waals surface area contributed by atoms with Crippen molar-refractivity contribution in [3.05, 3.63) is 207 Å². The Kier molecular flexibility index (Phi) is 50.8. The minimum Gasteiger partial charge on any atom is -0.462 e. The zero-order valence-electron chi connectivity index (χ0n) is 43.4. The Morgan fingerprint density at radius 1 is 0.300 bits per heavy atom. The first-order valence-electron chi connectivity index (χ1n) is 26.2. The van der Waals surface area contributed by atoms with Gasteiger partial charge in [-0.05, 0) is 109 Å². The van der Waals surface area contributed by atoms with Gasteiger partial charge in [-0.1, -0.05) is 234 Å². The Morgan fingerprint density at radius 3 is 1.06 bits per heavy atom. The number of allylic oxidation sites excluding steroid dienone is 34. The smallest absolute Gasteiger partial charge is 0.306 e. The van der Waals surface area contributed by atoms with Crippen LogP contribution < -0.4 is 0 Å². The van der Waals surface area contributed by atoms with E-state index < -0.39 is 18.0 Å². The highest BCUT2D eigenvalue weighted by Crippen LogP contribution is 2.09. The van der Waals surface area contributed by atoms with E-state index in [4.69, 9.17) is 14.2 Å². The molecule has 382 valence electrons. The molecule has 0 aliphatic carbocycles. The minimum absolute atomic E-state index is 0.161. The maximum Gasteiger partial charge on any atom is 0.306 e. The summed E-state index contributed by atoms with van der Waals surface area (Å²) in [5.41, 5.74) is 0. The summed E-state index contributed by atoms with van der Waals surface area (Å²) in [5.74, 6) is -1.17. The summed E-state index contributed by atoms with van der Waals surface area (Å²) in [6.07, 6.45) is 86.8. The third kappa shape index (κ3) is 53.0. The Bertz CT molecular complexity index is 1810. The molecule has 0 N–H and O–H groups in total. The fraction of sp³-hybridized carbons (Fsp3) is 0.422. The van der Waals surface area contributed by atoms with Crippen LogP contribution in [0.1, 0.15) is 156 Å². The fourth-order valence-electron chi connectivity index (χ4n) is 5.92. The van der Waals surface area contributed by atoms with Crippen molar-refractivity contribution < 1.29 is 28.6 Å². The molecule has 0 aliphatic rings. The molecule has 6 nitrogen and oxygen atoms in total. The number of hydrogen-bond acceptors (Lipinski definition) is 6. The maximum absolute atomic E-state index is 12.8. The molecule has 0 saturated carbocycles. The monoisotopic (exact) mass is 955 g/mol. The van der Waals surface area contributed by atoms with Crippen molar-refractivity contribution in [3.63, 3.8) is 0 Å². The molecule has 0 bridgehead atoms. The number of carbonyl (C=O) groups is 3.